The van der Waals surface area contributed by atoms with Crippen LogP contribution in [0.3, 0.4) is 0 Å². The van der Waals surface area contributed by atoms with Crippen molar-refractivity contribution in [2.75, 3.05) is 0 Å². The highest BCUT2D eigenvalue weighted by molar-refractivity contribution is 6.30. The Morgan fingerprint density at radius 2 is 1.95 bits per heavy atom. The molecule has 0 spiro atoms. The van der Waals surface area contributed by atoms with E-state index in [-0.39, 0.29) is 17.8 Å². The number of aryl methyl sites for hydroxylation is 2. The van der Waals surface area contributed by atoms with Crippen LogP contribution < -0.4 is 0 Å². The van der Waals surface area contributed by atoms with Crippen LogP contribution in [0.2, 0.25) is 5.02 Å². The quantitative estimate of drug-likeness (QED) is 0.753. The summed E-state index contributed by atoms with van der Waals surface area (Å²) in [5.41, 5.74) is 2.45. The molecular weight excluding hydrogens is 263 g/mol. The van der Waals surface area contributed by atoms with Gasteiger partial charge in [-0.1, -0.05) is 29.8 Å². The van der Waals surface area contributed by atoms with Crippen molar-refractivity contribution in [3.63, 3.8) is 0 Å². The van der Waals surface area contributed by atoms with Crippen LogP contribution in [0, 0.1) is 19.7 Å². The van der Waals surface area contributed by atoms with E-state index in [0.717, 1.165) is 11.1 Å². The third-order valence-electron chi connectivity index (χ3n) is 2.96. The summed E-state index contributed by atoms with van der Waals surface area (Å²) in [6.45, 7) is 3.56. The van der Waals surface area contributed by atoms with E-state index in [9.17, 15) is 9.18 Å². The third-order valence-corrected chi connectivity index (χ3v) is 3.20. The Bertz CT molecular complexity index is 611. The van der Waals surface area contributed by atoms with Crippen LogP contribution in [0.5, 0.6) is 0 Å². The van der Waals surface area contributed by atoms with Crippen LogP contribution in [0.25, 0.3) is 0 Å². The molecule has 2 aromatic carbocycles. The first-order valence-electron chi connectivity index (χ1n) is 6.02. The lowest BCUT2D eigenvalue weighted by molar-refractivity contribution is 0.0988. The van der Waals surface area contributed by atoms with Gasteiger partial charge in [-0.2, -0.15) is 0 Å². The van der Waals surface area contributed by atoms with E-state index in [1.165, 1.54) is 6.07 Å². The first-order chi connectivity index (χ1) is 8.97. The summed E-state index contributed by atoms with van der Waals surface area (Å²) >= 11 is 5.87. The van der Waals surface area contributed by atoms with Crippen molar-refractivity contribution in [2.45, 2.75) is 20.3 Å². The molecule has 0 saturated carbocycles. The van der Waals surface area contributed by atoms with E-state index in [0.29, 0.717) is 10.6 Å². The minimum absolute atomic E-state index is 0.154. The third kappa shape index (κ3) is 3.21. The van der Waals surface area contributed by atoms with Crippen LogP contribution in [0.1, 0.15) is 27.0 Å². The number of Topliss-reactive ketones (excluding diaryl/α,β-unsaturated/α-hetero) is 1. The van der Waals surface area contributed by atoms with Gasteiger partial charge in [0.15, 0.2) is 5.78 Å². The summed E-state index contributed by atoms with van der Waals surface area (Å²) in [6.07, 6.45) is 0.154. The zero-order chi connectivity index (χ0) is 14.0. The van der Waals surface area contributed by atoms with E-state index >= 15 is 0 Å². The number of halogens is 2. The molecule has 19 heavy (non-hydrogen) atoms. The summed E-state index contributed by atoms with van der Waals surface area (Å²) in [6, 6.07) is 10.3. The molecule has 0 atom stereocenters. The zero-order valence-corrected chi connectivity index (χ0v) is 11.6. The molecule has 0 radical (unpaired) electrons. The van der Waals surface area contributed by atoms with E-state index in [4.69, 9.17) is 11.6 Å². The second-order valence-electron chi connectivity index (χ2n) is 4.67. The molecule has 0 N–H and O–H groups in total. The Kier molecular flexibility index (Phi) is 4.01. The topological polar surface area (TPSA) is 17.1 Å². The average Bonchev–Trinajstić information content (AvgIpc) is 2.27. The van der Waals surface area contributed by atoms with Crippen molar-refractivity contribution in [1.29, 1.82) is 0 Å². The second kappa shape index (κ2) is 5.54. The molecule has 98 valence electrons. The summed E-state index contributed by atoms with van der Waals surface area (Å²) in [5.74, 6) is -0.679. The second-order valence-corrected chi connectivity index (χ2v) is 5.10. The smallest absolute Gasteiger partial charge is 0.170 e. The number of carbonyl (C=O) groups excluding carboxylic acids is 1. The van der Waals surface area contributed by atoms with Crippen molar-refractivity contribution in [2.24, 2.45) is 0 Å². The van der Waals surface area contributed by atoms with Crippen LogP contribution in [-0.2, 0) is 6.42 Å². The van der Waals surface area contributed by atoms with Gasteiger partial charge in [0, 0.05) is 11.4 Å². The molecular formula is C16H14ClFO. The largest absolute Gasteiger partial charge is 0.294 e. The summed E-state index contributed by atoms with van der Waals surface area (Å²) < 4.78 is 13.9. The molecule has 0 heterocycles. The number of hydrogen-bond acceptors (Lipinski definition) is 1. The predicted molar refractivity (Wildman–Crippen MR) is 75.4 cm³/mol. The molecule has 2 aromatic rings. The predicted octanol–water partition coefficient (Wildman–Crippen LogP) is 4.52. The average molecular weight is 277 g/mol. The maximum absolute atomic E-state index is 13.9. The van der Waals surface area contributed by atoms with Crippen molar-refractivity contribution < 1.29 is 9.18 Å². The Labute approximate surface area is 117 Å². The summed E-state index contributed by atoms with van der Waals surface area (Å²) in [7, 11) is 0. The lowest BCUT2D eigenvalue weighted by Crippen LogP contribution is -2.09. The van der Waals surface area contributed by atoms with Crippen molar-refractivity contribution in [1.82, 2.24) is 0 Å². The molecule has 0 aromatic heterocycles. The number of ketones is 1. The lowest BCUT2D eigenvalue weighted by Gasteiger charge is -2.08. The Morgan fingerprint density at radius 1 is 1.21 bits per heavy atom. The molecule has 0 aliphatic heterocycles. The van der Waals surface area contributed by atoms with Gasteiger partial charge in [-0.15, -0.1) is 0 Å². The molecule has 0 bridgehead atoms. The first kappa shape index (κ1) is 13.8. The van der Waals surface area contributed by atoms with E-state index in [2.05, 4.69) is 0 Å². The number of hydrogen-bond donors (Lipinski definition) is 0. The fraction of sp³-hybridized carbons (Fsp3) is 0.188. The fourth-order valence-corrected chi connectivity index (χ4v) is 2.40. The van der Waals surface area contributed by atoms with Gasteiger partial charge in [0.2, 0.25) is 0 Å². The van der Waals surface area contributed by atoms with Gasteiger partial charge < -0.3 is 0 Å². The van der Waals surface area contributed by atoms with E-state index in [1.54, 1.807) is 32.0 Å². The molecule has 0 aliphatic carbocycles. The Balaban J connectivity index is 2.31. The van der Waals surface area contributed by atoms with Gasteiger partial charge in [0.25, 0.3) is 0 Å². The Hall–Kier alpha value is -1.67. The molecule has 0 saturated heterocycles. The van der Waals surface area contributed by atoms with Gasteiger partial charge in [-0.25, -0.2) is 4.39 Å². The first-order valence-corrected chi connectivity index (χ1v) is 6.39. The maximum Gasteiger partial charge on any atom is 0.170 e. The van der Waals surface area contributed by atoms with Gasteiger partial charge in [-0.3, -0.25) is 4.79 Å². The maximum atomic E-state index is 13.9. The van der Waals surface area contributed by atoms with Gasteiger partial charge in [0.05, 0.1) is 5.56 Å². The molecule has 0 fully saturated rings. The van der Waals surface area contributed by atoms with Crippen LogP contribution in [0.15, 0.2) is 36.4 Å². The van der Waals surface area contributed by atoms with Crippen molar-refractivity contribution >= 4 is 17.4 Å². The zero-order valence-electron chi connectivity index (χ0n) is 10.8. The SMILES string of the molecule is Cc1cc(C)c(C(=O)Cc2cccc(Cl)c2)c(F)c1. The van der Waals surface area contributed by atoms with Gasteiger partial charge in [-0.05, 0) is 48.7 Å². The highest BCUT2D eigenvalue weighted by atomic mass is 35.5. The highest BCUT2D eigenvalue weighted by Gasteiger charge is 2.15. The minimum Gasteiger partial charge on any atom is -0.294 e. The molecule has 0 amide bonds. The number of carbonyl (C=O) groups is 1. The molecule has 0 unspecified atom stereocenters. The van der Waals surface area contributed by atoms with Crippen molar-refractivity contribution in [3.8, 4) is 0 Å². The molecule has 3 heteroatoms. The van der Waals surface area contributed by atoms with Crippen molar-refractivity contribution in [3.05, 3.63) is 69.5 Å². The lowest BCUT2D eigenvalue weighted by atomic mass is 9.97. The molecule has 0 aliphatic rings. The standard InChI is InChI=1S/C16H14ClFO/c1-10-6-11(2)16(14(18)7-10)15(19)9-12-4-3-5-13(17)8-12/h3-8H,9H2,1-2H3. The van der Waals surface area contributed by atoms with E-state index < -0.39 is 5.82 Å². The minimum atomic E-state index is -0.454. The fourth-order valence-electron chi connectivity index (χ4n) is 2.19. The monoisotopic (exact) mass is 276 g/mol. The summed E-state index contributed by atoms with van der Waals surface area (Å²) in [4.78, 5) is 12.2. The number of rotatable bonds is 3. The normalized spacial score (nSPS) is 10.5. The molecule has 1 nitrogen and oxygen atoms in total. The molecule has 2 rings (SSSR count). The van der Waals surface area contributed by atoms with Crippen LogP contribution in [-0.4, -0.2) is 5.78 Å². The number of benzene rings is 2. The summed E-state index contributed by atoms with van der Waals surface area (Å²) in [5, 5.41) is 0.575. The van der Waals surface area contributed by atoms with Gasteiger partial charge >= 0.3 is 0 Å². The Morgan fingerprint density at radius 3 is 2.58 bits per heavy atom. The van der Waals surface area contributed by atoms with Crippen LogP contribution in [0.4, 0.5) is 4.39 Å². The van der Waals surface area contributed by atoms with Crippen LogP contribution >= 0.6 is 11.6 Å². The highest BCUT2D eigenvalue weighted by Crippen LogP contribution is 2.19. The van der Waals surface area contributed by atoms with E-state index in [1.807, 2.05) is 12.1 Å². The van der Waals surface area contributed by atoms with Gasteiger partial charge in [0.1, 0.15) is 5.82 Å².